The number of allylic oxidation sites excluding steroid dienone is 1. The van der Waals surface area contributed by atoms with E-state index >= 15 is 0 Å². The zero-order valence-electron chi connectivity index (χ0n) is 10.8. The Bertz CT molecular complexity index is 598. The summed E-state index contributed by atoms with van der Waals surface area (Å²) < 4.78 is 0. The Morgan fingerprint density at radius 2 is 1.37 bits per heavy atom. The molecule has 0 spiro atoms. The van der Waals surface area contributed by atoms with Crippen LogP contribution in [0.4, 0.5) is 0 Å². The van der Waals surface area contributed by atoms with Gasteiger partial charge in [0.2, 0.25) is 0 Å². The Labute approximate surface area is 113 Å². The van der Waals surface area contributed by atoms with Gasteiger partial charge in [0.25, 0.3) is 0 Å². The fraction of sp³-hybridized carbons (Fsp3) is 0.167. The average Bonchev–Trinajstić information content (AvgIpc) is 2.76. The normalized spacial score (nSPS) is 22.7. The molecule has 19 heavy (non-hydrogen) atoms. The van der Waals surface area contributed by atoms with Crippen molar-refractivity contribution in [1.29, 1.82) is 0 Å². The van der Waals surface area contributed by atoms with E-state index in [0.717, 1.165) is 23.1 Å². The molecule has 0 aliphatic heterocycles. The van der Waals surface area contributed by atoms with Crippen molar-refractivity contribution < 1.29 is 4.79 Å². The first-order valence-electron chi connectivity index (χ1n) is 6.58. The van der Waals surface area contributed by atoms with Crippen LogP contribution in [0, 0.1) is 0 Å². The van der Waals surface area contributed by atoms with Gasteiger partial charge in [0.1, 0.15) is 0 Å². The van der Waals surface area contributed by atoms with Gasteiger partial charge in [0.05, 0.1) is 5.92 Å². The third kappa shape index (κ3) is 2.12. The van der Waals surface area contributed by atoms with Crippen molar-refractivity contribution >= 4 is 5.78 Å². The Morgan fingerprint density at radius 1 is 0.842 bits per heavy atom. The number of benzene rings is 2. The van der Waals surface area contributed by atoms with Crippen molar-refractivity contribution in [3.63, 3.8) is 0 Å². The highest BCUT2D eigenvalue weighted by molar-refractivity contribution is 5.97. The standard InChI is InChI=1S/C18H16O/c1-13-12-16(14-8-4-2-5-9-14)18(19)17(13)15-10-6-3-7-11-15/h2-11,16-17H,1,12H2. The maximum atomic E-state index is 12.7. The lowest BCUT2D eigenvalue weighted by Gasteiger charge is -2.11. The number of carbonyl (C=O) groups is 1. The molecule has 1 aliphatic carbocycles. The molecule has 2 aromatic rings. The van der Waals surface area contributed by atoms with Crippen LogP contribution in [0.2, 0.25) is 0 Å². The highest BCUT2D eigenvalue weighted by Crippen LogP contribution is 2.43. The molecule has 0 amide bonds. The lowest BCUT2D eigenvalue weighted by Crippen LogP contribution is -2.11. The van der Waals surface area contributed by atoms with Gasteiger partial charge in [-0.1, -0.05) is 72.8 Å². The lowest BCUT2D eigenvalue weighted by atomic mass is 9.91. The van der Waals surface area contributed by atoms with Crippen molar-refractivity contribution in [3.05, 3.63) is 83.9 Å². The Morgan fingerprint density at radius 3 is 1.95 bits per heavy atom. The molecular formula is C18H16O. The fourth-order valence-electron chi connectivity index (χ4n) is 2.90. The molecule has 3 rings (SSSR count). The molecule has 0 heterocycles. The minimum Gasteiger partial charge on any atom is -0.298 e. The summed E-state index contributed by atoms with van der Waals surface area (Å²) in [5.74, 6) is 0.118. The van der Waals surface area contributed by atoms with Gasteiger partial charge >= 0.3 is 0 Å². The first-order chi connectivity index (χ1) is 9.27. The fourth-order valence-corrected chi connectivity index (χ4v) is 2.90. The van der Waals surface area contributed by atoms with E-state index in [-0.39, 0.29) is 17.6 Å². The van der Waals surface area contributed by atoms with Crippen molar-refractivity contribution in [3.8, 4) is 0 Å². The zero-order valence-corrected chi connectivity index (χ0v) is 10.8. The van der Waals surface area contributed by atoms with Gasteiger partial charge in [-0.15, -0.1) is 0 Å². The number of ketones is 1. The summed E-state index contributed by atoms with van der Waals surface area (Å²) in [7, 11) is 0. The number of Topliss-reactive ketones (excluding diaryl/α,β-unsaturated/α-hetero) is 1. The van der Waals surface area contributed by atoms with E-state index in [2.05, 4.69) is 6.58 Å². The minimum atomic E-state index is -0.133. The summed E-state index contributed by atoms with van der Waals surface area (Å²) >= 11 is 0. The zero-order chi connectivity index (χ0) is 13.2. The Kier molecular flexibility index (Phi) is 3.04. The molecule has 0 N–H and O–H groups in total. The van der Waals surface area contributed by atoms with E-state index in [1.54, 1.807) is 0 Å². The van der Waals surface area contributed by atoms with Crippen LogP contribution in [0.25, 0.3) is 0 Å². The van der Waals surface area contributed by atoms with Crippen LogP contribution in [0.15, 0.2) is 72.8 Å². The van der Waals surface area contributed by atoms with Crippen LogP contribution in [0.5, 0.6) is 0 Å². The maximum absolute atomic E-state index is 12.7. The van der Waals surface area contributed by atoms with Crippen LogP contribution >= 0.6 is 0 Å². The number of hydrogen-bond acceptors (Lipinski definition) is 1. The summed E-state index contributed by atoms with van der Waals surface area (Å²) in [5.41, 5.74) is 3.20. The molecule has 0 aromatic heterocycles. The van der Waals surface area contributed by atoms with Crippen LogP contribution in [0.3, 0.4) is 0 Å². The second-order valence-corrected chi connectivity index (χ2v) is 5.07. The molecule has 1 nitrogen and oxygen atoms in total. The second-order valence-electron chi connectivity index (χ2n) is 5.07. The second kappa shape index (κ2) is 4.85. The van der Waals surface area contributed by atoms with Crippen LogP contribution in [0.1, 0.15) is 29.4 Å². The van der Waals surface area contributed by atoms with Gasteiger partial charge < -0.3 is 0 Å². The molecular weight excluding hydrogens is 232 g/mol. The monoisotopic (exact) mass is 248 g/mol. The number of rotatable bonds is 2. The SMILES string of the molecule is C=C1CC(c2ccccc2)C(=O)C1c1ccccc1. The quantitative estimate of drug-likeness (QED) is 0.732. The molecule has 0 bridgehead atoms. The molecule has 2 aromatic carbocycles. The lowest BCUT2D eigenvalue weighted by molar-refractivity contribution is -0.119. The summed E-state index contributed by atoms with van der Waals surface area (Å²) in [5, 5.41) is 0. The highest BCUT2D eigenvalue weighted by Gasteiger charge is 2.38. The predicted octanol–water partition coefficient (Wildman–Crippen LogP) is 4.08. The smallest absolute Gasteiger partial charge is 0.152 e. The van der Waals surface area contributed by atoms with E-state index in [1.807, 2.05) is 60.7 Å². The first-order valence-corrected chi connectivity index (χ1v) is 6.58. The van der Waals surface area contributed by atoms with E-state index < -0.39 is 0 Å². The van der Waals surface area contributed by atoms with Crippen molar-refractivity contribution in [2.45, 2.75) is 18.3 Å². The van der Waals surface area contributed by atoms with Crippen LogP contribution in [-0.4, -0.2) is 5.78 Å². The largest absolute Gasteiger partial charge is 0.298 e. The van der Waals surface area contributed by atoms with E-state index in [9.17, 15) is 4.79 Å². The van der Waals surface area contributed by atoms with E-state index in [1.165, 1.54) is 0 Å². The molecule has 2 atom stereocenters. The Balaban J connectivity index is 1.94. The Hall–Kier alpha value is -2.15. The number of hydrogen-bond donors (Lipinski definition) is 0. The molecule has 94 valence electrons. The van der Waals surface area contributed by atoms with Crippen LogP contribution in [-0.2, 0) is 4.79 Å². The molecule has 1 saturated carbocycles. The van der Waals surface area contributed by atoms with Crippen molar-refractivity contribution in [1.82, 2.24) is 0 Å². The average molecular weight is 248 g/mol. The van der Waals surface area contributed by atoms with E-state index in [0.29, 0.717) is 0 Å². The van der Waals surface area contributed by atoms with Gasteiger partial charge in [-0.3, -0.25) is 4.79 Å². The highest BCUT2D eigenvalue weighted by atomic mass is 16.1. The maximum Gasteiger partial charge on any atom is 0.152 e. The van der Waals surface area contributed by atoms with Gasteiger partial charge in [-0.25, -0.2) is 0 Å². The van der Waals surface area contributed by atoms with Crippen molar-refractivity contribution in [2.24, 2.45) is 0 Å². The number of carbonyl (C=O) groups excluding carboxylic acids is 1. The topological polar surface area (TPSA) is 17.1 Å². The summed E-state index contributed by atoms with van der Waals surface area (Å²) in [4.78, 5) is 12.7. The van der Waals surface area contributed by atoms with E-state index in [4.69, 9.17) is 0 Å². The van der Waals surface area contributed by atoms with Gasteiger partial charge in [0.15, 0.2) is 5.78 Å². The summed E-state index contributed by atoms with van der Waals surface area (Å²) in [6.07, 6.45) is 0.766. The molecule has 1 fully saturated rings. The van der Waals surface area contributed by atoms with Crippen LogP contribution < -0.4 is 0 Å². The minimum absolute atomic E-state index is 0.0288. The van der Waals surface area contributed by atoms with Gasteiger partial charge in [-0.2, -0.15) is 0 Å². The van der Waals surface area contributed by atoms with Gasteiger partial charge in [-0.05, 0) is 17.5 Å². The summed E-state index contributed by atoms with van der Waals surface area (Å²) in [6.45, 7) is 4.12. The molecule has 2 unspecified atom stereocenters. The van der Waals surface area contributed by atoms with Crippen molar-refractivity contribution in [2.75, 3.05) is 0 Å². The summed E-state index contributed by atoms with van der Waals surface area (Å²) in [6, 6.07) is 20.0. The molecule has 1 heteroatoms. The third-order valence-electron chi connectivity index (χ3n) is 3.84. The molecule has 1 aliphatic rings. The molecule has 0 saturated heterocycles. The predicted molar refractivity (Wildman–Crippen MR) is 77.1 cm³/mol. The molecule has 0 radical (unpaired) electrons. The third-order valence-corrected chi connectivity index (χ3v) is 3.84. The van der Waals surface area contributed by atoms with Gasteiger partial charge in [0, 0.05) is 5.92 Å². The first kappa shape index (κ1) is 11.9.